The van der Waals surface area contributed by atoms with E-state index >= 15 is 0 Å². The van der Waals surface area contributed by atoms with Gasteiger partial charge >= 0.3 is 12.0 Å². The second-order valence-corrected chi connectivity index (χ2v) is 4.48. The Balaban J connectivity index is 2.58. The van der Waals surface area contributed by atoms with Crippen molar-refractivity contribution in [2.45, 2.75) is 12.0 Å². The van der Waals surface area contributed by atoms with E-state index in [2.05, 4.69) is 14.7 Å². The molecular formula is C9H3Cl3F3NO2. The molecule has 0 bridgehead atoms. The van der Waals surface area contributed by atoms with Gasteiger partial charge in [0.25, 0.3) is 0 Å². The van der Waals surface area contributed by atoms with Crippen LogP contribution in [-0.4, -0.2) is 12.6 Å². The number of halogens is 6. The molecule has 1 aromatic rings. The standard InChI is InChI=1S/C9H3Cl3F3NO2/c10-5-1-4(2-6(11)7(5)12)8(9(13,14)15)17-3-16-18-8/h1-3H. The SMILES string of the molecule is FC(F)(F)C1(c2cc(Cl)c(Cl)c(Cl)c2)OC=NO1. The van der Waals surface area contributed by atoms with E-state index in [4.69, 9.17) is 34.8 Å². The largest absolute Gasteiger partial charge is 0.475 e. The third-order valence-corrected chi connectivity index (χ3v) is 3.38. The molecule has 0 saturated heterocycles. The van der Waals surface area contributed by atoms with Gasteiger partial charge in [-0.2, -0.15) is 13.2 Å². The van der Waals surface area contributed by atoms with E-state index in [1.54, 1.807) is 0 Å². The Morgan fingerprint density at radius 3 is 2.06 bits per heavy atom. The third-order valence-electron chi connectivity index (χ3n) is 2.18. The van der Waals surface area contributed by atoms with Crippen LogP contribution in [0, 0.1) is 0 Å². The van der Waals surface area contributed by atoms with E-state index in [1.807, 2.05) is 0 Å². The summed E-state index contributed by atoms with van der Waals surface area (Å²) in [6, 6.07) is 1.91. The Morgan fingerprint density at radius 1 is 1.11 bits per heavy atom. The molecule has 98 valence electrons. The second-order valence-electron chi connectivity index (χ2n) is 3.29. The Kier molecular flexibility index (Phi) is 3.29. The van der Waals surface area contributed by atoms with Crippen molar-refractivity contribution >= 4 is 41.2 Å². The third kappa shape index (κ3) is 1.98. The number of ether oxygens (including phenoxy) is 1. The van der Waals surface area contributed by atoms with Gasteiger partial charge in [0.2, 0.25) is 6.40 Å². The van der Waals surface area contributed by atoms with Gasteiger partial charge in [-0.05, 0) is 12.1 Å². The van der Waals surface area contributed by atoms with Crippen molar-refractivity contribution in [2.24, 2.45) is 5.16 Å². The predicted octanol–water partition coefficient (Wildman–Crippen LogP) is 4.35. The van der Waals surface area contributed by atoms with E-state index in [0.29, 0.717) is 6.40 Å². The van der Waals surface area contributed by atoms with Crippen LogP contribution in [0.25, 0.3) is 0 Å². The number of hydrogen-bond donors (Lipinski definition) is 0. The highest BCUT2D eigenvalue weighted by Gasteiger charge is 2.64. The quantitative estimate of drug-likeness (QED) is 0.720. The molecule has 0 aliphatic carbocycles. The lowest BCUT2D eigenvalue weighted by molar-refractivity contribution is -0.352. The number of nitrogens with zero attached hydrogens (tertiary/aromatic N) is 1. The monoisotopic (exact) mass is 319 g/mol. The zero-order valence-electron chi connectivity index (χ0n) is 8.26. The minimum absolute atomic E-state index is 0.0571. The topological polar surface area (TPSA) is 30.8 Å². The van der Waals surface area contributed by atoms with Gasteiger partial charge in [-0.25, -0.2) is 0 Å². The van der Waals surface area contributed by atoms with Gasteiger partial charge in [-0.15, -0.1) is 0 Å². The summed E-state index contributed by atoms with van der Waals surface area (Å²) < 4.78 is 43.5. The highest BCUT2D eigenvalue weighted by Crippen LogP contribution is 2.47. The molecule has 0 N–H and O–H groups in total. The fraction of sp³-hybridized carbons (Fsp3) is 0.222. The van der Waals surface area contributed by atoms with Gasteiger partial charge in [-0.3, -0.25) is 0 Å². The maximum absolute atomic E-state index is 13.0. The van der Waals surface area contributed by atoms with Crippen molar-refractivity contribution in [1.82, 2.24) is 0 Å². The van der Waals surface area contributed by atoms with E-state index in [-0.39, 0.29) is 15.1 Å². The first-order chi connectivity index (χ1) is 8.28. The Labute approximate surface area is 114 Å². The summed E-state index contributed by atoms with van der Waals surface area (Å²) >= 11 is 17.0. The van der Waals surface area contributed by atoms with Crippen LogP contribution in [-0.2, 0) is 15.4 Å². The minimum Gasteiger partial charge on any atom is -0.426 e. The molecule has 0 spiro atoms. The summed E-state index contributed by atoms with van der Waals surface area (Å²) in [6.45, 7) is 0. The van der Waals surface area contributed by atoms with Gasteiger partial charge < -0.3 is 9.57 Å². The van der Waals surface area contributed by atoms with Crippen molar-refractivity contribution in [3.8, 4) is 0 Å². The zero-order valence-corrected chi connectivity index (χ0v) is 10.5. The maximum Gasteiger partial charge on any atom is 0.475 e. The molecule has 1 unspecified atom stereocenters. The molecule has 0 aromatic heterocycles. The van der Waals surface area contributed by atoms with Crippen molar-refractivity contribution < 1.29 is 22.7 Å². The Hall–Kier alpha value is -0.850. The van der Waals surface area contributed by atoms with Crippen LogP contribution in [0.1, 0.15) is 5.56 Å². The molecule has 18 heavy (non-hydrogen) atoms. The fourth-order valence-corrected chi connectivity index (χ4v) is 1.96. The van der Waals surface area contributed by atoms with E-state index in [0.717, 1.165) is 12.1 Å². The molecule has 2 rings (SSSR count). The number of alkyl halides is 3. The summed E-state index contributed by atoms with van der Waals surface area (Å²) in [6.07, 6.45) is -4.33. The van der Waals surface area contributed by atoms with Gasteiger partial charge in [-0.1, -0.05) is 40.0 Å². The molecule has 0 amide bonds. The fourth-order valence-electron chi connectivity index (χ4n) is 1.36. The lowest BCUT2D eigenvalue weighted by atomic mass is 10.1. The molecule has 1 atom stereocenters. The maximum atomic E-state index is 13.0. The number of oxime groups is 1. The molecule has 1 aliphatic heterocycles. The van der Waals surface area contributed by atoms with Crippen LogP contribution < -0.4 is 0 Å². The average Bonchev–Trinajstić information content (AvgIpc) is 2.74. The van der Waals surface area contributed by atoms with Gasteiger partial charge in [0.05, 0.1) is 20.6 Å². The van der Waals surface area contributed by atoms with Crippen LogP contribution in [0.15, 0.2) is 17.3 Å². The molecule has 1 aromatic carbocycles. The lowest BCUT2D eigenvalue weighted by Crippen LogP contribution is -2.43. The molecule has 0 saturated carbocycles. The molecule has 0 radical (unpaired) electrons. The van der Waals surface area contributed by atoms with E-state index in [9.17, 15) is 13.2 Å². The Morgan fingerprint density at radius 2 is 1.67 bits per heavy atom. The lowest BCUT2D eigenvalue weighted by Gasteiger charge is -2.27. The summed E-state index contributed by atoms with van der Waals surface area (Å²) in [5.41, 5.74) is -0.452. The number of rotatable bonds is 1. The van der Waals surface area contributed by atoms with Crippen molar-refractivity contribution in [1.29, 1.82) is 0 Å². The van der Waals surface area contributed by atoms with Crippen LogP contribution in [0.4, 0.5) is 13.2 Å². The highest BCUT2D eigenvalue weighted by molar-refractivity contribution is 6.48. The molecule has 9 heteroatoms. The van der Waals surface area contributed by atoms with Crippen LogP contribution in [0.3, 0.4) is 0 Å². The zero-order chi connectivity index (χ0) is 13.6. The summed E-state index contributed by atoms with van der Waals surface area (Å²) in [7, 11) is 0. The van der Waals surface area contributed by atoms with Gasteiger partial charge in [0.1, 0.15) is 0 Å². The number of benzene rings is 1. The van der Waals surface area contributed by atoms with E-state index in [1.165, 1.54) is 0 Å². The average molecular weight is 320 g/mol. The first-order valence-corrected chi connectivity index (χ1v) is 5.51. The van der Waals surface area contributed by atoms with Crippen molar-refractivity contribution in [3.05, 3.63) is 32.8 Å². The van der Waals surface area contributed by atoms with Crippen LogP contribution in [0.5, 0.6) is 0 Å². The summed E-state index contributed by atoms with van der Waals surface area (Å²) in [4.78, 5) is 4.30. The van der Waals surface area contributed by atoms with Gasteiger partial charge in [0.15, 0.2) is 0 Å². The van der Waals surface area contributed by atoms with Crippen molar-refractivity contribution in [3.63, 3.8) is 0 Å². The van der Waals surface area contributed by atoms with Crippen molar-refractivity contribution in [2.75, 3.05) is 0 Å². The first-order valence-electron chi connectivity index (χ1n) is 4.37. The molecule has 0 fully saturated rings. The normalized spacial score (nSPS) is 22.8. The van der Waals surface area contributed by atoms with Crippen LogP contribution in [0.2, 0.25) is 15.1 Å². The summed E-state index contributed by atoms with van der Waals surface area (Å²) in [5.74, 6) is -3.05. The van der Waals surface area contributed by atoms with Gasteiger partial charge in [0, 0.05) is 0 Å². The Bertz CT molecular complexity index is 487. The van der Waals surface area contributed by atoms with E-state index < -0.39 is 17.5 Å². The summed E-state index contributed by atoms with van der Waals surface area (Å²) in [5, 5.41) is 2.62. The smallest absolute Gasteiger partial charge is 0.426 e. The predicted molar refractivity (Wildman–Crippen MR) is 59.9 cm³/mol. The molecule has 1 heterocycles. The molecule has 1 aliphatic rings. The second kappa shape index (κ2) is 4.36. The molecular weight excluding hydrogens is 317 g/mol. The highest BCUT2D eigenvalue weighted by atomic mass is 35.5. The molecule has 3 nitrogen and oxygen atoms in total. The number of hydrogen-bond acceptors (Lipinski definition) is 3. The van der Waals surface area contributed by atoms with Crippen LogP contribution >= 0.6 is 34.8 Å². The first kappa shape index (κ1) is 13.6. The minimum atomic E-state index is -4.87.